The molecule has 2 heterocycles. The summed E-state index contributed by atoms with van der Waals surface area (Å²) in [5, 5.41) is 7.68. The molecule has 3 fully saturated rings. The first-order chi connectivity index (χ1) is 10.2. The Balaban J connectivity index is 1.46. The first-order valence-corrected chi connectivity index (χ1v) is 9.96. The van der Waals surface area contributed by atoms with Crippen LogP contribution in [0.15, 0.2) is 0 Å². The average Bonchev–Trinajstić information content (AvgIpc) is 2.80. The van der Waals surface area contributed by atoms with Gasteiger partial charge in [-0.25, -0.2) is 0 Å². The quantitative estimate of drug-likeness (QED) is 0.820. The van der Waals surface area contributed by atoms with Gasteiger partial charge >= 0.3 is 0 Å². The van der Waals surface area contributed by atoms with Crippen molar-refractivity contribution >= 4 is 17.7 Å². The van der Waals surface area contributed by atoms with E-state index in [9.17, 15) is 4.79 Å². The molecule has 21 heavy (non-hydrogen) atoms. The van der Waals surface area contributed by atoms with Crippen molar-refractivity contribution in [1.82, 2.24) is 10.6 Å². The maximum Gasteiger partial charge on any atom is 0.220 e. The van der Waals surface area contributed by atoms with Crippen LogP contribution in [-0.4, -0.2) is 35.0 Å². The minimum Gasteiger partial charge on any atom is -0.352 e. The van der Waals surface area contributed by atoms with E-state index in [1.54, 1.807) is 0 Å². The van der Waals surface area contributed by atoms with Crippen molar-refractivity contribution in [3.05, 3.63) is 0 Å². The van der Waals surface area contributed by atoms with Crippen molar-refractivity contribution in [1.29, 1.82) is 0 Å². The van der Waals surface area contributed by atoms with Crippen LogP contribution in [-0.2, 0) is 4.79 Å². The van der Waals surface area contributed by atoms with E-state index in [1.807, 2.05) is 11.8 Å². The van der Waals surface area contributed by atoms with Crippen LogP contribution in [0.5, 0.6) is 0 Å². The molecule has 2 N–H and O–H groups in total. The van der Waals surface area contributed by atoms with Crippen LogP contribution in [0.3, 0.4) is 0 Å². The van der Waals surface area contributed by atoms with E-state index in [2.05, 4.69) is 17.6 Å². The summed E-state index contributed by atoms with van der Waals surface area (Å²) in [6, 6.07) is 1.81. The van der Waals surface area contributed by atoms with E-state index in [0.29, 0.717) is 35.2 Å². The van der Waals surface area contributed by atoms with Gasteiger partial charge in [-0.1, -0.05) is 19.8 Å². The Morgan fingerprint density at radius 3 is 2.57 bits per heavy atom. The molecular weight excluding hydrogens is 280 g/mol. The molecule has 3 nitrogen and oxygen atoms in total. The number of piperidine rings is 1. The molecule has 2 bridgehead atoms. The Morgan fingerprint density at radius 2 is 1.86 bits per heavy atom. The van der Waals surface area contributed by atoms with Gasteiger partial charge in [0.1, 0.15) is 0 Å². The van der Waals surface area contributed by atoms with E-state index >= 15 is 0 Å². The summed E-state index contributed by atoms with van der Waals surface area (Å²) in [4.78, 5) is 12.4. The highest BCUT2D eigenvalue weighted by Gasteiger charge is 2.35. The molecule has 0 aromatic carbocycles. The molecule has 0 aromatic rings. The molecule has 3 aliphatic rings. The summed E-state index contributed by atoms with van der Waals surface area (Å²) in [5.41, 5.74) is 0. The first-order valence-electron chi connectivity index (χ1n) is 8.91. The molecule has 0 spiro atoms. The predicted octanol–water partition coefficient (Wildman–Crippen LogP) is 3.09. The summed E-state index contributed by atoms with van der Waals surface area (Å²) in [6.45, 7) is 2.23. The summed E-state index contributed by atoms with van der Waals surface area (Å²) in [5.74, 6) is 2.09. The van der Waals surface area contributed by atoms with Gasteiger partial charge in [-0.05, 0) is 50.2 Å². The van der Waals surface area contributed by atoms with Gasteiger partial charge in [0.05, 0.1) is 0 Å². The molecule has 2 aliphatic heterocycles. The Morgan fingerprint density at radius 1 is 1.14 bits per heavy atom. The van der Waals surface area contributed by atoms with Crippen LogP contribution in [0.1, 0.15) is 64.7 Å². The van der Waals surface area contributed by atoms with Gasteiger partial charge in [0.15, 0.2) is 0 Å². The zero-order chi connectivity index (χ0) is 14.7. The molecule has 4 atom stereocenters. The highest BCUT2D eigenvalue weighted by molar-refractivity contribution is 7.99. The number of amides is 1. The maximum atomic E-state index is 12.4. The molecule has 0 aromatic heterocycles. The predicted molar refractivity (Wildman–Crippen MR) is 89.6 cm³/mol. The van der Waals surface area contributed by atoms with Crippen LogP contribution in [0, 0.1) is 5.92 Å². The molecule has 120 valence electrons. The molecule has 2 saturated heterocycles. The third-order valence-electron chi connectivity index (χ3n) is 5.47. The topological polar surface area (TPSA) is 41.1 Å². The molecule has 1 amide bonds. The van der Waals surface area contributed by atoms with Gasteiger partial charge in [0, 0.05) is 29.8 Å². The van der Waals surface area contributed by atoms with Gasteiger partial charge in [-0.3, -0.25) is 4.79 Å². The van der Waals surface area contributed by atoms with Crippen molar-refractivity contribution in [2.24, 2.45) is 5.92 Å². The van der Waals surface area contributed by atoms with Gasteiger partial charge in [0.2, 0.25) is 5.91 Å². The smallest absolute Gasteiger partial charge is 0.220 e. The monoisotopic (exact) mass is 310 g/mol. The highest BCUT2D eigenvalue weighted by Crippen LogP contribution is 2.33. The van der Waals surface area contributed by atoms with E-state index in [-0.39, 0.29) is 0 Å². The van der Waals surface area contributed by atoms with Crippen LogP contribution < -0.4 is 10.6 Å². The molecule has 1 saturated carbocycles. The van der Waals surface area contributed by atoms with Gasteiger partial charge in [-0.2, -0.15) is 11.8 Å². The molecule has 3 rings (SSSR count). The second kappa shape index (κ2) is 7.36. The fourth-order valence-corrected chi connectivity index (χ4v) is 5.74. The lowest BCUT2D eigenvalue weighted by Crippen LogP contribution is -2.45. The fraction of sp³-hybridized carbons (Fsp3) is 0.941. The van der Waals surface area contributed by atoms with Crippen molar-refractivity contribution in [3.63, 3.8) is 0 Å². The van der Waals surface area contributed by atoms with Crippen molar-refractivity contribution < 1.29 is 4.79 Å². The normalized spacial score (nSPS) is 39.2. The highest BCUT2D eigenvalue weighted by atomic mass is 32.2. The lowest BCUT2D eigenvalue weighted by molar-refractivity contribution is -0.123. The van der Waals surface area contributed by atoms with Crippen molar-refractivity contribution in [3.8, 4) is 0 Å². The molecule has 4 heteroatoms. The van der Waals surface area contributed by atoms with E-state index in [0.717, 1.165) is 12.2 Å². The van der Waals surface area contributed by atoms with Crippen LogP contribution in [0.25, 0.3) is 0 Å². The third kappa shape index (κ3) is 4.16. The lowest BCUT2D eigenvalue weighted by atomic mass is 9.89. The Labute approximate surface area is 133 Å². The average molecular weight is 311 g/mol. The van der Waals surface area contributed by atoms with Crippen LogP contribution in [0.2, 0.25) is 0 Å². The number of nitrogens with one attached hydrogen (secondary N) is 2. The summed E-state index contributed by atoms with van der Waals surface area (Å²) in [7, 11) is 0. The Bertz CT molecular complexity index is 349. The number of carbonyl (C=O) groups excluding carboxylic acids is 1. The lowest BCUT2D eigenvalue weighted by Gasteiger charge is -2.33. The van der Waals surface area contributed by atoms with Crippen molar-refractivity contribution in [2.45, 2.75) is 88.1 Å². The van der Waals surface area contributed by atoms with Crippen LogP contribution >= 0.6 is 11.8 Å². The summed E-state index contributed by atoms with van der Waals surface area (Å²) >= 11 is 2.03. The number of carbonyl (C=O) groups is 1. The standard InChI is InChI=1S/C17H30N2OS/c1-2-21-16-6-4-3-5-15(16)19-17(20)11-12-9-13-7-8-14(10-12)18-13/h12-16,18H,2-11H2,1H3,(H,19,20). The minimum atomic E-state index is 0.315. The second-order valence-electron chi connectivity index (χ2n) is 7.13. The second-order valence-corrected chi connectivity index (χ2v) is 8.65. The summed E-state index contributed by atoms with van der Waals surface area (Å²) < 4.78 is 0. The van der Waals surface area contributed by atoms with E-state index in [4.69, 9.17) is 0 Å². The molecular formula is C17H30N2OS. The molecule has 1 aliphatic carbocycles. The van der Waals surface area contributed by atoms with Gasteiger partial charge in [-0.15, -0.1) is 0 Å². The van der Waals surface area contributed by atoms with E-state index in [1.165, 1.54) is 51.4 Å². The molecule has 4 unspecified atom stereocenters. The van der Waals surface area contributed by atoms with Gasteiger partial charge in [0.25, 0.3) is 0 Å². The van der Waals surface area contributed by atoms with Crippen LogP contribution in [0.4, 0.5) is 0 Å². The number of fused-ring (bicyclic) bond motifs is 2. The molecule has 0 radical (unpaired) electrons. The first kappa shape index (κ1) is 15.7. The zero-order valence-electron chi connectivity index (χ0n) is 13.3. The zero-order valence-corrected chi connectivity index (χ0v) is 14.1. The number of thioether (sulfide) groups is 1. The van der Waals surface area contributed by atoms with E-state index < -0.39 is 0 Å². The SMILES string of the molecule is CCSC1CCCCC1NC(=O)CC1CC2CCC(C1)N2. The maximum absolute atomic E-state index is 12.4. The minimum absolute atomic E-state index is 0.315. The van der Waals surface area contributed by atoms with Crippen molar-refractivity contribution in [2.75, 3.05) is 5.75 Å². The fourth-order valence-electron chi connectivity index (χ4n) is 4.55. The van der Waals surface area contributed by atoms with Gasteiger partial charge < -0.3 is 10.6 Å². The number of hydrogen-bond donors (Lipinski definition) is 2. The Hall–Kier alpha value is -0.220. The third-order valence-corrected chi connectivity index (χ3v) is 6.80. The number of hydrogen-bond acceptors (Lipinski definition) is 3. The summed E-state index contributed by atoms with van der Waals surface area (Å²) in [6.07, 6.45) is 10.9. The number of rotatable bonds is 5. The Kier molecular flexibility index (Phi) is 5.49. The largest absolute Gasteiger partial charge is 0.352 e.